The zero-order valence-corrected chi connectivity index (χ0v) is 12.9. The van der Waals surface area contributed by atoms with E-state index in [1.807, 2.05) is 6.92 Å². The van der Waals surface area contributed by atoms with Gasteiger partial charge in [0.25, 0.3) is 0 Å². The Morgan fingerprint density at radius 3 is 2.53 bits per heavy atom. The molecule has 1 aromatic carbocycles. The van der Waals surface area contributed by atoms with E-state index in [9.17, 15) is 4.79 Å². The number of amides is 1. The molecule has 0 aliphatic carbocycles. The molecule has 0 saturated heterocycles. The Hall–Kier alpha value is -0.970. The second-order valence-electron chi connectivity index (χ2n) is 5.16. The number of benzene rings is 1. The monoisotopic (exact) mass is 304 g/mol. The molecule has 0 fully saturated rings. The second-order valence-corrected chi connectivity index (χ2v) is 6.00. The lowest BCUT2D eigenvalue weighted by Gasteiger charge is -2.22. The summed E-state index contributed by atoms with van der Waals surface area (Å²) in [4.78, 5) is 11.5. The topological polar surface area (TPSA) is 50.4 Å². The van der Waals surface area contributed by atoms with Crippen LogP contribution in [-0.2, 0) is 4.74 Å². The predicted octanol–water partition coefficient (Wildman–Crippen LogP) is 4.08. The molecule has 106 valence electrons. The maximum atomic E-state index is 11.5. The van der Waals surface area contributed by atoms with Gasteiger partial charge < -0.3 is 4.74 Å². The van der Waals surface area contributed by atoms with Gasteiger partial charge in [-0.3, -0.25) is 5.43 Å². The van der Waals surface area contributed by atoms with Gasteiger partial charge in [-0.25, -0.2) is 10.2 Å². The Labute approximate surface area is 123 Å². The van der Waals surface area contributed by atoms with Crippen LogP contribution >= 0.6 is 23.2 Å². The highest BCUT2D eigenvalue weighted by molar-refractivity contribution is 6.33. The summed E-state index contributed by atoms with van der Waals surface area (Å²) >= 11 is 12.0. The number of ether oxygens (including phenoxy) is 1. The van der Waals surface area contributed by atoms with Gasteiger partial charge >= 0.3 is 6.09 Å². The van der Waals surface area contributed by atoms with E-state index in [0.717, 1.165) is 5.56 Å². The standard InChI is InChI=1S/C13H18Cl2N2O2/c1-8(10-7-9(14)5-6-11(10)15)16-17-12(18)19-13(2,3)4/h5-8,16H,1-4H3,(H,17,18). The second kappa shape index (κ2) is 6.46. The fourth-order valence-electron chi connectivity index (χ4n) is 1.39. The fourth-order valence-corrected chi connectivity index (χ4v) is 1.86. The third-order valence-corrected chi connectivity index (χ3v) is 2.79. The Morgan fingerprint density at radius 1 is 1.32 bits per heavy atom. The molecular weight excluding hydrogens is 287 g/mol. The number of hydrazine groups is 1. The lowest BCUT2D eigenvalue weighted by Crippen LogP contribution is -2.42. The smallest absolute Gasteiger partial charge is 0.422 e. The first-order chi connectivity index (χ1) is 8.69. The summed E-state index contributed by atoms with van der Waals surface area (Å²) in [6, 6.07) is 4.98. The summed E-state index contributed by atoms with van der Waals surface area (Å²) in [6.07, 6.45) is -0.544. The van der Waals surface area contributed by atoms with Gasteiger partial charge in [0.1, 0.15) is 5.60 Å². The largest absolute Gasteiger partial charge is 0.443 e. The van der Waals surface area contributed by atoms with Gasteiger partial charge in [-0.05, 0) is 51.5 Å². The number of carbonyl (C=O) groups excluding carboxylic acids is 1. The van der Waals surface area contributed by atoms with Crippen LogP contribution in [0.25, 0.3) is 0 Å². The van der Waals surface area contributed by atoms with E-state index in [2.05, 4.69) is 10.9 Å². The SMILES string of the molecule is CC(NNC(=O)OC(C)(C)C)c1cc(Cl)ccc1Cl. The highest BCUT2D eigenvalue weighted by Gasteiger charge is 2.17. The lowest BCUT2D eigenvalue weighted by molar-refractivity contribution is 0.0489. The van der Waals surface area contributed by atoms with E-state index < -0.39 is 11.7 Å². The molecule has 0 radical (unpaired) electrons. The van der Waals surface area contributed by atoms with Crippen LogP contribution in [0.4, 0.5) is 4.79 Å². The first kappa shape index (κ1) is 16.1. The number of halogens is 2. The third kappa shape index (κ3) is 5.68. The van der Waals surface area contributed by atoms with E-state index in [0.29, 0.717) is 10.0 Å². The van der Waals surface area contributed by atoms with E-state index in [1.54, 1.807) is 39.0 Å². The van der Waals surface area contributed by atoms with Gasteiger partial charge in [0.2, 0.25) is 0 Å². The van der Waals surface area contributed by atoms with Crippen LogP contribution in [0, 0.1) is 0 Å². The minimum atomic E-state index is -0.544. The van der Waals surface area contributed by atoms with Gasteiger partial charge in [-0.15, -0.1) is 0 Å². The van der Waals surface area contributed by atoms with E-state index in [1.165, 1.54) is 0 Å². The predicted molar refractivity (Wildman–Crippen MR) is 77.4 cm³/mol. The number of rotatable bonds is 3. The van der Waals surface area contributed by atoms with Crippen LogP contribution in [0.15, 0.2) is 18.2 Å². The molecule has 0 heterocycles. The minimum Gasteiger partial charge on any atom is -0.443 e. The summed E-state index contributed by atoms with van der Waals surface area (Å²) < 4.78 is 5.11. The fraction of sp³-hybridized carbons (Fsp3) is 0.462. The van der Waals surface area contributed by atoms with Crippen molar-refractivity contribution in [2.24, 2.45) is 0 Å². The van der Waals surface area contributed by atoms with Gasteiger partial charge in [-0.2, -0.15) is 0 Å². The highest BCUT2D eigenvalue weighted by atomic mass is 35.5. The Morgan fingerprint density at radius 2 is 1.95 bits per heavy atom. The maximum Gasteiger partial charge on any atom is 0.422 e. The average molecular weight is 305 g/mol. The molecule has 19 heavy (non-hydrogen) atoms. The summed E-state index contributed by atoms with van der Waals surface area (Å²) in [5.41, 5.74) is 5.55. The van der Waals surface area contributed by atoms with Gasteiger partial charge in [0, 0.05) is 16.1 Å². The third-order valence-electron chi connectivity index (χ3n) is 2.21. The maximum absolute atomic E-state index is 11.5. The van der Waals surface area contributed by atoms with Crippen molar-refractivity contribution in [3.8, 4) is 0 Å². The van der Waals surface area contributed by atoms with Crippen molar-refractivity contribution in [3.05, 3.63) is 33.8 Å². The molecule has 1 unspecified atom stereocenters. The van der Waals surface area contributed by atoms with Crippen molar-refractivity contribution in [1.82, 2.24) is 10.9 Å². The van der Waals surface area contributed by atoms with Gasteiger partial charge in [-0.1, -0.05) is 23.2 Å². The zero-order valence-electron chi connectivity index (χ0n) is 11.4. The normalized spacial score (nSPS) is 12.9. The van der Waals surface area contributed by atoms with Crippen LogP contribution in [0.5, 0.6) is 0 Å². The van der Waals surface area contributed by atoms with Crippen LogP contribution in [-0.4, -0.2) is 11.7 Å². The molecule has 0 spiro atoms. The first-order valence-electron chi connectivity index (χ1n) is 5.88. The first-order valence-corrected chi connectivity index (χ1v) is 6.64. The summed E-state index contributed by atoms with van der Waals surface area (Å²) in [5, 5.41) is 1.17. The van der Waals surface area contributed by atoms with Gasteiger partial charge in [0.15, 0.2) is 0 Å². The summed E-state index contributed by atoms with van der Waals surface area (Å²) in [5.74, 6) is 0. The van der Waals surface area contributed by atoms with Crippen molar-refractivity contribution < 1.29 is 9.53 Å². The highest BCUT2D eigenvalue weighted by Crippen LogP contribution is 2.25. The minimum absolute atomic E-state index is 0.196. The molecule has 0 aromatic heterocycles. The number of carbonyl (C=O) groups is 1. The molecule has 0 aliphatic rings. The zero-order chi connectivity index (χ0) is 14.6. The Kier molecular flexibility index (Phi) is 5.47. The van der Waals surface area contributed by atoms with Crippen molar-refractivity contribution >= 4 is 29.3 Å². The molecular formula is C13H18Cl2N2O2. The molecule has 1 atom stereocenters. The van der Waals surface area contributed by atoms with E-state index in [-0.39, 0.29) is 6.04 Å². The molecule has 6 heteroatoms. The van der Waals surface area contributed by atoms with Crippen LogP contribution < -0.4 is 10.9 Å². The lowest BCUT2D eigenvalue weighted by atomic mass is 10.1. The van der Waals surface area contributed by atoms with Crippen LogP contribution in [0.2, 0.25) is 10.0 Å². The molecule has 1 amide bonds. The van der Waals surface area contributed by atoms with Crippen molar-refractivity contribution in [1.29, 1.82) is 0 Å². The summed E-state index contributed by atoms with van der Waals surface area (Å²) in [7, 11) is 0. The molecule has 2 N–H and O–H groups in total. The van der Waals surface area contributed by atoms with Crippen molar-refractivity contribution in [3.63, 3.8) is 0 Å². The number of nitrogens with one attached hydrogen (secondary N) is 2. The van der Waals surface area contributed by atoms with Crippen LogP contribution in [0.3, 0.4) is 0 Å². The molecule has 0 bridgehead atoms. The van der Waals surface area contributed by atoms with E-state index in [4.69, 9.17) is 27.9 Å². The molecule has 0 saturated carbocycles. The molecule has 4 nitrogen and oxygen atoms in total. The van der Waals surface area contributed by atoms with Crippen LogP contribution in [0.1, 0.15) is 39.3 Å². The average Bonchev–Trinajstić information content (AvgIpc) is 2.27. The molecule has 1 aromatic rings. The molecule has 0 aliphatic heterocycles. The quantitative estimate of drug-likeness (QED) is 0.827. The van der Waals surface area contributed by atoms with Crippen molar-refractivity contribution in [2.75, 3.05) is 0 Å². The summed E-state index contributed by atoms with van der Waals surface area (Å²) in [6.45, 7) is 7.24. The van der Waals surface area contributed by atoms with E-state index >= 15 is 0 Å². The van der Waals surface area contributed by atoms with Gasteiger partial charge in [0.05, 0.1) is 0 Å². The number of hydrogen-bond donors (Lipinski definition) is 2. The Balaban J connectivity index is 2.58. The van der Waals surface area contributed by atoms with Crippen molar-refractivity contribution in [2.45, 2.75) is 39.3 Å². The molecule has 1 rings (SSSR count). The number of hydrogen-bond acceptors (Lipinski definition) is 3. The Bertz CT molecular complexity index is 458.